The Balaban J connectivity index is 2.16. The van der Waals surface area contributed by atoms with E-state index in [1.54, 1.807) is 20.3 Å². The molecule has 0 bridgehead atoms. The Labute approximate surface area is 151 Å². The van der Waals surface area contributed by atoms with Crippen molar-refractivity contribution >= 4 is 27.2 Å². The number of phenols is 1. The molecular weight excluding hydrogens is 326 g/mol. The van der Waals surface area contributed by atoms with Crippen molar-refractivity contribution in [1.29, 1.82) is 0 Å². The van der Waals surface area contributed by atoms with Crippen LogP contribution in [0.5, 0.6) is 17.2 Å². The van der Waals surface area contributed by atoms with Crippen molar-refractivity contribution in [2.75, 3.05) is 20.0 Å². The highest BCUT2D eigenvalue weighted by atomic mass is 16.5. The smallest absolute Gasteiger partial charge is 0.124 e. The van der Waals surface area contributed by atoms with Gasteiger partial charge in [-0.2, -0.15) is 0 Å². The number of anilines is 1. The summed E-state index contributed by atoms with van der Waals surface area (Å²) in [4.78, 5) is 0. The van der Waals surface area contributed by atoms with Gasteiger partial charge in [-0.05, 0) is 57.9 Å². The zero-order valence-corrected chi connectivity index (χ0v) is 14.6. The monoisotopic (exact) mass is 345 g/mol. The molecule has 0 aromatic heterocycles. The number of fused-ring (bicyclic) bond motifs is 2. The maximum absolute atomic E-state index is 10.7. The number of benzene rings is 4. The summed E-state index contributed by atoms with van der Waals surface area (Å²) >= 11 is 0. The van der Waals surface area contributed by atoms with Gasteiger partial charge in [0.2, 0.25) is 0 Å². The van der Waals surface area contributed by atoms with E-state index in [9.17, 15) is 5.11 Å². The minimum atomic E-state index is 0.174. The van der Waals surface area contributed by atoms with E-state index >= 15 is 0 Å². The summed E-state index contributed by atoms with van der Waals surface area (Å²) in [7, 11) is 3.26. The summed E-state index contributed by atoms with van der Waals surface area (Å²) in [5.41, 5.74) is 8.43. The quantitative estimate of drug-likeness (QED) is 0.515. The molecule has 4 heteroatoms. The third kappa shape index (κ3) is 2.47. The molecule has 0 atom stereocenters. The van der Waals surface area contributed by atoms with Gasteiger partial charge < -0.3 is 20.3 Å². The molecule has 4 nitrogen and oxygen atoms in total. The summed E-state index contributed by atoms with van der Waals surface area (Å²) in [6.45, 7) is 0. The third-order valence-corrected chi connectivity index (χ3v) is 4.72. The molecule has 0 saturated heterocycles. The van der Waals surface area contributed by atoms with E-state index in [4.69, 9.17) is 15.2 Å². The molecule has 130 valence electrons. The minimum Gasteiger partial charge on any atom is -0.507 e. The number of hydrogen-bond donors (Lipinski definition) is 2. The van der Waals surface area contributed by atoms with Crippen molar-refractivity contribution < 1.29 is 14.6 Å². The van der Waals surface area contributed by atoms with Gasteiger partial charge in [-0.1, -0.05) is 24.3 Å². The molecule has 0 spiro atoms. The van der Waals surface area contributed by atoms with Crippen LogP contribution in [-0.2, 0) is 0 Å². The molecule has 0 aliphatic heterocycles. The number of methoxy groups -OCH3 is 2. The molecule has 0 fully saturated rings. The zero-order valence-electron chi connectivity index (χ0n) is 14.6. The summed E-state index contributed by atoms with van der Waals surface area (Å²) in [5.74, 6) is 1.63. The normalized spacial score (nSPS) is 11.0. The van der Waals surface area contributed by atoms with Gasteiger partial charge in [0.05, 0.1) is 14.2 Å². The van der Waals surface area contributed by atoms with Crippen LogP contribution in [0.4, 0.5) is 5.69 Å². The first-order valence-corrected chi connectivity index (χ1v) is 8.28. The van der Waals surface area contributed by atoms with Crippen molar-refractivity contribution in [3.63, 3.8) is 0 Å². The molecule has 0 heterocycles. The van der Waals surface area contributed by atoms with Gasteiger partial charge in [-0.15, -0.1) is 0 Å². The second kappa shape index (κ2) is 6.15. The van der Waals surface area contributed by atoms with E-state index in [1.165, 1.54) is 0 Å². The van der Waals surface area contributed by atoms with Crippen molar-refractivity contribution in [3.8, 4) is 28.4 Å². The highest BCUT2D eigenvalue weighted by Gasteiger charge is 2.16. The van der Waals surface area contributed by atoms with E-state index < -0.39 is 0 Å². The molecule has 0 aliphatic carbocycles. The SMILES string of the molecule is COc1ccc2ccc(N)c(-c3c(O)ccc4ccc(OC)cc34)c2c1. The largest absolute Gasteiger partial charge is 0.507 e. The second-order valence-corrected chi connectivity index (χ2v) is 6.16. The van der Waals surface area contributed by atoms with Crippen LogP contribution in [0.25, 0.3) is 32.7 Å². The predicted octanol–water partition coefficient (Wildman–Crippen LogP) is 4.97. The van der Waals surface area contributed by atoms with Crippen LogP contribution in [0.3, 0.4) is 0 Å². The lowest BCUT2D eigenvalue weighted by Crippen LogP contribution is -1.94. The van der Waals surface area contributed by atoms with Crippen LogP contribution in [-0.4, -0.2) is 19.3 Å². The molecule has 3 N–H and O–H groups in total. The molecule has 0 radical (unpaired) electrons. The molecule has 0 amide bonds. The van der Waals surface area contributed by atoms with Crippen LogP contribution in [0.15, 0.2) is 60.7 Å². The Morgan fingerprint density at radius 2 is 1.19 bits per heavy atom. The second-order valence-electron chi connectivity index (χ2n) is 6.16. The van der Waals surface area contributed by atoms with E-state index in [0.29, 0.717) is 11.3 Å². The molecule has 4 aromatic rings. The fourth-order valence-corrected chi connectivity index (χ4v) is 3.40. The highest BCUT2D eigenvalue weighted by molar-refractivity contribution is 6.11. The summed E-state index contributed by atoms with van der Waals surface area (Å²) < 4.78 is 10.8. The Hall–Kier alpha value is -3.40. The maximum Gasteiger partial charge on any atom is 0.124 e. The summed E-state index contributed by atoms with van der Waals surface area (Å²) in [6, 6.07) is 19.0. The lowest BCUT2D eigenvalue weighted by atomic mass is 9.91. The maximum atomic E-state index is 10.7. The highest BCUT2D eigenvalue weighted by Crippen LogP contribution is 2.44. The van der Waals surface area contributed by atoms with Gasteiger partial charge in [0.25, 0.3) is 0 Å². The van der Waals surface area contributed by atoms with E-state index in [1.807, 2.05) is 54.6 Å². The molecule has 4 rings (SSSR count). The van der Waals surface area contributed by atoms with Crippen molar-refractivity contribution in [2.45, 2.75) is 0 Å². The fraction of sp³-hybridized carbons (Fsp3) is 0.0909. The minimum absolute atomic E-state index is 0.174. The topological polar surface area (TPSA) is 64.7 Å². The van der Waals surface area contributed by atoms with Gasteiger partial charge in [0.1, 0.15) is 17.2 Å². The lowest BCUT2D eigenvalue weighted by molar-refractivity contribution is 0.415. The van der Waals surface area contributed by atoms with Crippen LogP contribution >= 0.6 is 0 Å². The summed E-state index contributed by atoms with van der Waals surface area (Å²) in [5, 5.41) is 14.5. The average Bonchev–Trinajstić information content (AvgIpc) is 2.68. The molecule has 0 aliphatic rings. The number of phenolic OH excluding ortho intramolecular Hbond substituents is 1. The van der Waals surface area contributed by atoms with Crippen molar-refractivity contribution in [2.24, 2.45) is 0 Å². The van der Waals surface area contributed by atoms with Crippen molar-refractivity contribution in [1.82, 2.24) is 0 Å². The van der Waals surface area contributed by atoms with E-state index in [-0.39, 0.29) is 5.75 Å². The first kappa shape index (κ1) is 16.1. The number of hydrogen-bond acceptors (Lipinski definition) is 4. The van der Waals surface area contributed by atoms with Gasteiger partial charge in [-0.25, -0.2) is 0 Å². The van der Waals surface area contributed by atoms with Crippen LogP contribution < -0.4 is 15.2 Å². The first-order valence-electron chi connectivity index (χ1n) is 8.28. The molecule has 0 unspecified atom stereocenters. The Morgan fingerprint density at radius 1 is 0.692 bits per heavy atom. The Morgan fingerprint density at radius 3 is 1.77 bits per heavy atom. The van der Waals surface area contributed by atoms with Crippen molar-refractivity contribution in [3.05, 3.63) is 60.7 Å². The van der Waals surface area contributed by atoms with E-state index in [0.717, 1.165) is 38.6 Å². The molecule has 26 heavy (non-hydrogen) atoms. The van der Waals surface area contributed by atoms with Crippen LogP contribution in [0, 0.1) is 0 Å². The first-order chi connectivity index (χ1) is 12.6. The van der Waals surface area contributed by atoms with Gasteiger partial charge in [0, 0.05) is 16.8 Å². The number of nitrogen functional groups attached to an aromatic ring is 1. The average molecular weight is 345 g/mol. The standard InChI is InChI=1S/C22H19NO3/c1-25-15-7-3-13-5-9-19(23)21(17(13)11-15)22-18-12-16(26-2)8-4-14(18)6-10-20(22)24/h3-12,24H,23H2,1-2H3. The fourth-order valence-electron chi connectivity index (χ4n) is 3.40. The lowest BCUT2D eigenvalue weighted by Gasteiger charge is -2.16. The third-order valence-electron chi connectivity index (χ3n) is 4.72. The van der Waals surface area contributed by atoms with Gasteiger partial charge in [-0.3, -0.25) is 0 Å². The number of rotatable bonds is 3. The van der Waals surface area contributed by atoms with E-state index in [2.05, 4.69) is 0 Å². The zero-order chi connectivity index (χ0) is 18.3. The summed E-state index contributed by atoms with van der Waals surface area (Å²) in [6.07, 6.45) is 0. The van der Waals surface area contributed by atoms with Crippen LogP contribution in [0.1, 0.15) is 0 Å². The molecular formula is C22H19NO3. The number of aromatic hydroxyl groups is 1. The Bertz CT molecular complexity index is 1040. The predicted molar refractivity (Wildman–Crippen MR) is 106 cm³/mol. The Kier molecular flexibility index (Phi) is 3.81. The molecule has 4 aromatic carbocycles. The van der Waals surface area contributed by atoms with Crippen LogP contribution in [0.2, 0.25) is 0 Å². The van der Waals surface area contributed by atoms with Gasteiger partial charge >= 0.3 is 0 Å². The number of nitrogens with two attached hydrogens (primary N) is 1. The molecule has 0 saturated carbocycles. The van der Waals surface area contributed by atoms with Gasteiger partial charge in [0.15, 0.2) is 0 Å². The number of ether oxygens (including phenoxy) is 2.